The number of carbonyl (C=O) groups excluding carboxylic acids is 2. The molecule has 0 saturated heterocycles. The molecule has 0 aliphatic rings. The quantitative estimate of drug-likeness (QED) is 0.736. The number of ether oxygens (including phenoxy) is 1. The number of benzene rings is 1. The molecule has 1 aromatic heterocycles. The summed E-state index contributed by atoms with van der Waals surface area (Å²) in [5.41, 5.74) is 2.79. The highest BCUT2D eigenvalue weighted by Crippen LogP contribution is 2.27. The zero-order valence-corrected chi connectivity index (χ0v) is 17.7. The van der Waals surface area contributed by atoms with Crippen molar-refractivity contribution in [1.82, 2.24) is 14.7 Å². The number of hydrogen-bond acceptors (Lipinski definition) is 5. The topological polar surface area (TPSA) is 88.5 Å². The highest BCUT2D eigenvalue weighted by Gasteiger charge is 2.22. The van der Waals surface area contributed by atoms with Gasteiger partial charge >= 0.3 is 0 Å². The zero-order chi connectivity index (χ0) is 21.0. The van der Waals surface area contributed by atoms with E-state index in [2.05, 4.69) is 15.7 Å². The van der Waals surface area contributed by atoms with Crippen LogP contribution in [0.25, 0.3) is 0 Å². The van der Waals surface area contributed by atoms with Crippen LogP contribution in [0.4, 0.5) is 11.4 Å². The molecule has 2 amide bonds. The SMILES string of the molecule is COc1ccc(Cl)cc1NC(=O)CN(C)C(C)C(=O)Nc1c(C)nn(C)c1C. The molecule has 152 valence electrons. The van der Waals surface area contributed by atoms with Crippen LogP contribution >= 0.6 is 11.6 Å². The molecule has 0 fully saturated rings. The van der Waals surface area contributed by atoms with Gasteiger partial charge in [-0.2, -0.15) is 5.10 Å². The van der Waals surface area contributed by atoms with Crippen LogP contribution in [0.2, 0.25) is 5.02 Å². The van der Waals surface area contributed by atoms with Gasteiger partial charge in [0, 0.05) is 12.1 Å². The predicted octanol–water partition coefficient (Wildman–Crippen LogP) is 2.60. The van der Waals surface area contributed by atoms with E-state index >= 15 is 0 Å². The van der Waals surface area contributed by atoms with Crippen molar-refractivity contribution >= 4 is 34.8 Å². The Labute approximate surface area is 169 Å². The second-order valence-electron chi connectivity index (χ2n) is 6.64. The van der Waals surface area contributed by atoms with Crippen molar-refractivity contribution in [2.75, 3.05) is 31.3 Å². The van der Waals surface area contributed by atoms with Crippen LogP contribution in [-0.4, -0.2) is 53.2 Å². The summed E-state index contributed by atoms with van der Waals surface area (Å²) >= 11 is 5.98. The van der Waals surface area contributed by atoms with Crippen molar-refractivity contribution in [3.8, 4) is 5.75 Å². The molecule has 0 bridgehead atoms. The van der Waals surface area contributed by atoms with E-state index in [9.17, 15) is 9.59 Å². The Kier molecular flexibility index (Phi) is 7.04. The Morgan fingerprint density at radius 3 is 2.57 bits per heavy atom. The molecule has 2 N–H and O–H groups in total. The van der Waals surface area contributed by atoms with E-state index in [4.69, 9.17) is 16.3 Å². The lowest BCUT2D eigenvalue weighted by atomic mass is 10.2. The van der Waals surface area contributed by atoms with E-state index in [0.29, 0.717) is 22.1 Å². The first-order valence-electron chi connectivity index (χ1n) is 8.78. The van der Waals surface area contributed by atoms with Crippen LogP contribution in [0.1, 0.15) is 18.3 Å². The number of aromatic nitrogens is 2. The van der Waals surface area contributed by atoms with Crippen molar-refractivity contribution < 1.29 is 14.3 Å². The van der Waals surface area contributed by atoms with Gasteiger partial charge in [-0.1, -0.05) is 11.6 Å². The van der Waals surface area contributed by atoms with Crippen LogP contribution in [-0.2, 0) is 16.6 Å². The van der Waals surface area contributed by atoms with Crippen molar-refractivity contribution in [2.45, 2.75) is 26.8 Å². The van der Waals surface area contributed by atoms with Crippen molar-refractivity contribution in [2.24, 2.45) is 7.05 Å². The maximum absolute atomic E-state index is 12.6. The molecule has 1 aromatic carbocycles. The number of amides is 2. The number of hydrogen-bond donors (Lipinski definition) is 2. The number of aryl methyl sites for hydroxylation is 2. The van der Waals surface area contributed by atoms with E-state index in [0.717, 1.165) is 11.4 Å². The minimum Gasteiger partial charge on any atom is -0.495 e. The number of nitrogens with one attached hydrogen (secondary N) is 2. The van der Waals surface area contributed by atoms with Crippen molar-refractivity contribution in [3.63, 3.8) is 0 Å². The van der Waals surface area contributed by atoms with Gasteiger partial charge in [0.05, 0.1) is 42.5 Å². The van der Waals surface area contributed by atoms with Gasteiger partial charge in [0.1, 0.15) is 5.75 Å². The van der Waals surface area contributed by atoms with Gasteiger partial charge in [-0.25, -0.2) is 0 Å². The number of nitrogens with zero attached hydrogens (tertiary/aromatic N) is 3. The lowest BCUT2D eigenvalue weighted by Gasteiger charge is -2.23. The fourth-order valence-electron chi connectivity index (χ4n) is 2.71. The number of likely N-dealkylation sites (N-methyl/N-ethyl adjacent to an activating group) is 1. The molecule has 2 rings (SSSR count). The second-order valence-corrected chi connectivity index (χ2v) is 7.08. The van der Waals surface area contributed by atoms with Gasteiger partial charge in [-0.3, -0.25) is 19.2 Å². The minimum absolute atomic E-state index is 0.0231. The molecule has 0 saturated carbocycles. The molecular weight excluding hydrogens is 382 g/mol. The Morgan fingerprint density at radius 2 is 2.00 bits per heavy atom. The summed E-state index contributed by atoms with van der Waals surface area (Å²) in [6, 6.07) is 4.45. The molecule has 1 heterocycles. The molecule has 0 radical (unpaired) electrons. The molecule has 8 nitrogen and oxygen atoms in total. The molecular formula is C19H26ClN5O3. The number of anilines is 2. The van der Waals surface area contributed by atoms with Gasteiger partial charge in [0.25, 0.3) is 0 Å². The smallest absolute Gasteiger partial charge is 0.241 e. The molecule has 0 spiro atoms. The average molecular weight is 408 g/mol. The largest absolute Gasteiger partial charge is 0.495 e. The molecule has 1 atom stereocenters. The normalized spacial score (nSPS) is 12.0. The highest BCUT2D eigenvalue weighted by molar-refractivity contribution is 6.31. The molecule has 2 aromatic rings. The maximum Gasteiger partial charge on any atom is 0.241 e. The van der Waals surface area contributed by atoms with Gasteiger partial charge in [-0.05, 0) is 46.0 Å². The van der Waals surface area contributed by atoms with Crippen molar-refractivity contribution in [1.29, 1.82) is 0 Å². The van der Waals surface area contributed by atoms with Gasteiger partial charge in [0.15, 0.2) is 0 Å². The maximum atomic E-state index is 12.6. The van der Waals surface area contributed by atoms with E-state index in [-0.39, 0.29) is 18.4 Å². The van der Waals surface area contributed by atoms with Crippen LogP contribution < -0.4 is 15.4 Å². The van der Waals surface area contributed by atoms with Crippen LogP contribution in [0.15, 0.2) is 18.2 Å². The molecule has 1 unspecified atom stereocenters. The summed E-state index contributed by atoms with van der Waals surface area (Å²) in [7, 11) is 5.05. The fraction of sp³-hybridized carbons (Fsp3) is 0.421. The standard InChI is InChI=1S/C19H26ClN5O3/c1-11-18(12(2)25(5)23-11)22-19(27)13(3)24(4)10-17(26)21-15-9-14(20)7-8-16(15)28-6/h7-9,13H,10H2,1-6H3,(H,21,26)(H,22,27). The number of methoxy groups -OCH3 is 1. The van der Waals surface area contributed by atoms with Crippen LogP contribution in [0, 0.1) is 13.8 Å². The first kappa shape index (κ1) is 21.7. The Balaban J connectivity index is 1.99. The molecule has 0 aliphatic heterocycles. The molecule has 28 heavy (non-hydrogen) atoms. The Bertz CT molecular complexity index is 881. The summed E-state index contributed by atoms with van der Waals surface area (Å²) in [6.45, 7) is 5.48. The third-order valence-corrected chi connectivity index (χ3v) is 4.86. The van der Waals surface area contributed by atoms with Gasteiger partial charge < -0.3 is 15.4 Å². The van der Waals surface area contributed by atoms with E-state index in [1.54, 1.807) is 41.8 Å². The first-order chi connectivity index (χ1) is 13.1. The third-order valence-electron chi connectivity index (χ3n) is 4.63. The monoisotopic (exact) mass is 407 g/mol. The first-order valence-corrected chi connectivity index (χ1v) is 9.16. The fourth-order valence-corrected chi connectivity index (χ4v) is 2.89. The summed E-state index contributed by atoms with van der Waals surface area (Å²) < 4.78 is 6.94. The zero-order valence-electron chi connectivity index (χ0n) is 17.0. The summed E-state index contributed by atoms with van der Waals surface area (Å²) in [6.07, 6.45) is 0. The summed E-state index contributed by atoms with van der Waals surface area (Å²) in [5, 5.41) is 10.4. The van der Waals surface area contributed by atoms with Crippen molar-refractivity contribution in [3.05, 3.63) is 34.6 Å². The summed E-state index contributed by atoms with van der Waals surface area (Å²) in [5.74, 6) is 0.0139. The number of carbonyl (C=O) groups is 2. The summed E-state index contributed by atoms with van der Waals surface area (Å²) in [4.78, 5) is 26.7. The van der Waals surface area contributed by atoms with Crippen LogP contribution in [0.5, 0.6) is 5.75 Å². The third kappa shape index (κ3) is 5.02. The average Bonchev–Trinajstić information content (AvgIpc) is 2.87. The lowest BCUT2D eigenvalue weighted by molar-refractivity contribution is -0.122. The minimum atomic E-state index is -0.522. The van der Waals surface area contributed by atoms with Gasteiger partial charge in [0.2, 0.25) is 11.8 Å². The molecule has 9 heteroatoms. The Hall–Kier alpha value is -2.58. The van der Waals surface area contributed by atoms with E-state index in [1.165, 1.54) is 7.11 Å². The second kappa shape index (κ2) is 9.07. The molecule has 0 aliphatic carbocycles. The van der Waals surface area contributed by atoms with Gasteiger partial charge in [-0.15, -0.1) is 0 Å². The van der Waals surface area contributed by atoms with Crippen LogP contribution in [0.3, 0.4) is 0 Å². The van der Waals surface area contributed by atoms with E-state index in [1.807, 2.05) is 20.9 Å². The number of rotatable bonds is 7. The van der Waals surface area contributed by atoms with E-state index < -0.39 is 6.04 Å². The highest BCUT2D eigenvalue weighted by atomic mass is 35.5. The Morgan fingerprint density at radius 1 is 1.32 bits per heavy atom. The predicted molar refractivity (Wildman–Crippen MR) is 110 cm³/mol. The number of halogens is 1. The lowest BCUT2D eigenvalue weighted by Crippen LogP contribution is -2.43.